The summed E-state index contributed by atoms with van der Waals surface area (Å²) in [4.78, 5) is 15.6. The highest BCUT2D eigenvalue weighted by molar-refractivity contribution is 7.10. The van der Waals surface area contributed by atoms with E-state index >= 15 is 0 Å². The number of hydrogen-bond acceptors (Lipinski definition) is 3. The predicted molar refractivity (Wildman–Crippen MR) is 88.1 cm³/mol. The monoisotopic (exact) mass is 354 g/mol. The van der Waals surface area contributed by atoms with Gasteiger partial charge in [0.1, 0.15) is 0 Å². The smallest absolute Gasteiger partial charge is 0.325 e. The summed E-state index contributed by atoms with van der Waals surface area (Å²) in [6.07, 6.45) is -3.52. The van der Waals surface area contributed by atoms with Gasteiger partial charge in [0, 0.05) is 23.2 Å². The lowest BCUT2D eigenvalue weighted by Gasteiger charge is -2.32. The number of nitrogens with zero attached hydrogens (tertiary/aromatic N) is 1. The molecule has 3 nitrogen and oxygen atoms in total. The lowest BCUT2D eigenvalue weighted by molar-refractivity contribution is -0.137. The number of amides is 1. The van der Waals surface area contributed by atoms with E-state index in [1.807, 2.05) is 17.2 Å². The first-order valence-electron chi connectivity index (χ1n) is 7.62. The first kappa shape index (κ1) is 17.0. The van der Waals surface area contributed by atoms with Crippen LogP contribution in [0.15, 0.2) is 35.7 Å². The van der Waals surface area contributed by atoms with Gasteiger partial charge in [-0.05, 0) is 48.6 Å². The first-order valence-corrected chi connectivity index (χ1v) is 8.50. The number of rotatable bonds is 3. The Kier molecular flexibility index (Phi) is 4.64. The molecular formula is C17H17F3N2OS. The number of halogens is 3. The standard InChI is InChI=1S/C17H17F3N2OS/c1-11-14-6-8-24-15(14)5-7-22(11)10-16(23)21-13-4-2-3-12(9-13)17(18,19)20/h2-4,6,8-9,11H,5,7,10H2,1H3,(H,21,23)/t11-/m0/s1. The topological polar surface area (TPSA) is 32.3 Å². The van der Waals surface area contributed by atoms with Crippen LogP contribution < -0.4 is 5.32 Å². The van der Waals surface area contributed by atoms with Gasteiger partial charge in [0.05, 0.1) is 12.1 Å². The average molecular weight is 354 g/mol. The highest BCUT2D eigenvalue weighted by atomic mass is 32.1. The second-order valence-corrected chi connectivity index (χ2v) is 6.82. The van der Waals surface area contributed by atoms with Gasteiger partial charge in [0.25, 0.3) is 0 Å². The Labute approximate surface area is 142 Å². The molecule has 0 saturated heterocycles. The number of thiophene rings is 1. The van der Waals surface area contributed by atoms with Crippen molar-refractivity contribution in [2.45, 2.75) is 25.6 Å². The van der Waals surface area contributed by atoms with Crippen LogP contribution in [0, 0.1) is 0 Å². The zero-order valence-corrected chi connectivity index (χ0v) is 13.9. The largest absolute Gasteiger partial charge is 0.416 e. The molecule has 1 aromatic carbocycles. The molecular weight excluding hydrogens is 337 g/mol. The summed E-state index contributed by atoms with van der Waals surface area (Å²) in [7, 11) is 0. The van der Waals surface area contributed by atoms with E-state index in [1.54, 1.807) is 11.3 Å². The fraction of sp³-hybridized carbons (Fsp3) is 0.353. The van der Waals surface area contributed by atoms with Crippen LogP contribution in [-0.2, 0) is 17.4 Å². The van der Waals surface area contributed by atoms with Crippen LogP contribution >= 0.6 is 11.3 Å². The summed E-state index contributed by atoms with van der Waals surface area (Å²) in [5.41, 5.74) is 0.628. The molecule has 2 heterocycles. The predicted octanol–water partition coefficient (Wildman–Crippen LogP) is 4.32. The Morgan fingerprint density at radius 1 is 1.38 bits per heavy atom. The van der Waals surface area contributed by atoms with Crippen molar-refractivity contribution in [3.05, 3.63) is 51.7 Å². The maximum atomic E-state index is 12.7. The molecule has 1 amide bonds. The third-order valence-electron chi connectivity index (χ3n) is 4.22. The van der Waals surface area contributed by atoms with Gasteiger partial charge in [-0.15, -0.1) is 11.3 Å². The summed E-state index contributed by atoms with van der Waals surface area (Å²) in [6, 6.07) is 6.90. The number of anilines is 1. The Hall–Kier alpha value is -1.86. The van der Waals surface area contributed by atoms with Gasteiger partial charge in [-0.25, -0.2) is 0 Å². The van der Waals surface area contributed by atoms with Gasteiger partial charge in [-0.2, -0.15) is 13.2 Å². The van der Waals surface area contributed by atoms with Gasteiger partial charge >= 0.3 is 6.18 Å². The van der Waals surface area contributed by atoms with Gasteiger partial charge in [-0.3, -0.25) is 9.69 Å². The minimum absolute atomic E-state index is 0.132. The zero-order chi connectivity index (χ0) is 17.3. The maximum absolute atomic E-state index is 12.7. The molecule has 1 aliphatic heterocycles. The van der Waals surface area contributed by atoms with Crippen molar-refractivity contribution >= 4 is 22.9 Å². The Morgan fingerprint density at radius 2 is 2.17 bits per heavy atom. The zero-order valence-electron chi connectivity index (χ0n) is 13.1. The molecule has 0 aliphatic carbocycles. The minimum atomic E-state index is -4.42. The Morgan fingerprint density at radius 3 is 2.92 bits per heavy atom. The highest BCUT2D eigenvalue weighted by Crippen LogP contribution is 2.33. The lowest BCUT2D eigenvalue weighted by Crippen LogP contribution is -2.39. The van der Waals surface area contributed by atoms with Gasteiger partial charge in [0.15, 0.2) is 0 Å². The van der Waals surface area contributed by atoms with Crippen LogP contribution in [0.2, 0.25) is 0 Å². The van der Waals surface area contributed by atoms with Crippen molar-refractivity contribution in [2.24, 2.45) is 0 Å². The summed E-state index contributed by atoms with van der Waals surface area (Å²) >= 11 is 1.72. The van der Waals surface area contributed by atoms with Crippen LogP contribution in [0.25, 0.3) is 0 Å². The van der Waals surface area contributed by atoms with E-state index in [-0.39, 0.29) is 24.2 Å². The Balaban J connectivity index is 1.64. The van der Waals surface area contributed by atoms with Crippen molar-refractivity contribution in [3.8, 4) is 0 Å². The second kappa shape index (κ2) is 6.57. The van der Waals surface area contributed by atoms with Crippen molar-refractivity contribution < 1.29 is 18.0 Å². The van der Waals surface area contributed by atoms with E-state index in [0.29, 0.717) is 0 Å². The quantitative estimate of drug-likeness (QED) is 0.890. The van der Waals surface area contributed by atoms with Crippen LogP contribution in [0.1, 0.15) is 29.0 Å². The van der Waals surface area contributed by atoms with Crippen molar-refractivity contribution in [1.29, 1.82) is 0 Å². The number of benzene rings is 1. The van der Waals surface area contributed by atoms with Gasteiger partial charge < -0.3 is 5.32 Å². The molecule has 0 spiro atoms. The molecule has 3 rings (SSSR count). The van der Waals surface area contributed by atoms with Crippen molar-refractivity contribution in [1.82, 2.24) is 4.90 Å². The third-order valence-corrected chi connectivity index (χ3v) is 5.22. The summed E-state index contributed by atoms with van der Waals surface area (Å²) in [6.45, 7) is 2.97. The number of fused-ring (bicyclic) bond motifs is 1. The summed E-state index contributed by atoms with van der Waals surface area (Å²) in [5.74, 6) is -0.306. The van der Waals surface area contributed by atoms with E-state index in [1.165, 1.54) is 22.6 Å². The number of alkyl halides is 3. The first-order chi connectivity index (χ1) is 11.3. The molecule has 0 bridgehead atoms. The highest BCUT2D eigenvalue weighted by Gasteiger charge is 2.31. The summed E-state index contributed by atoms with van der Waals surface area (Å²) < 4.78 is 38.2. The molecule has 1 aromatic heterocycles. The van der Waals surface area contributed by atoms with Crippen LogP contribution in [0.3, 0.4) is 0 Å². The van der Waals surface area contributed by atoms with E-state index in [4.69, 9.17) is 0 Å². The molecule has 0 fully saturated rings. The fourth-order valence-electron chi connectivity index (χ4n) is 2.94. The summed E-state index contributed by atoms with van der Waals surface area (Å²) in [5, 5.41) is 4.61. The minimum Gasteiger partial charge on any atom is -0.325 e. The van der Waals surface area contributed by atoms with Crippen LogP contribution in [0.5, 0.6) is 0 Å². The molecule has 1 atom stereocenters. The van der Waals surface area contributed by atoms with Crippen LogP contribution in [0.4, 0.5) is 18.9 Å². The number of nitrogens with one attached hydrogen (secondary N) is 1. The van der Waals surface area contributed by atoms with E-state index in [2.05, 4.69) is 11.4 Å². The SMILES string of the molecule is C[C@H]1c2ccsc2CCN1CC(=O)Nc1cccc(C(F)(F)F)c1. The number of hydrogen-bond donors (Lipinski definition) is 1. The molecule has 24 heavy (non-hydrogen) atoms. The molecule has 0 saturated carbocycles. The normalized spacial score (nSPS) is 18.2. The fourth-order valence-corrected chi connectivity index (χ4v) is 3.90. The molecule has 1 N–H and O–H groups in total. The van der Waals surface area contributed by atoms with Gasteiger partial charge in [0.2, 0.25) is 5.91 Å². The van der Waals surface area contributed by atoms with Crippen LogP contribution in [-0.4, -0.2) is 23.9 Å². The molecule has 7 heteroatoms. The van der Waals surface area contributed by atoms with E-state index in [9.17, 15) is 18.0 Å². The molecule has 128 valence electrons. The van der Waals surface area contributed by atoms with E-state index < -0.39 is 11.7 Å². The van der Waals surface area contributed by atoms with Crippen molar-refractivity contribution in [3.63, 3.8) is 0 Å². The number of carbonyl (C=O) groups is 1. The maximum Gasteiger partial charge on any atom is 0.416 e. The Bertz CT molecular complexity index is 741. The number of carbonyl (C=O) groups excluding carboxylic acids is 1. The molecule has 0 unspecified atom stereocenters. The molecule has 0 radical (unpaired) electrons. The molecule has 2 aromatic rings. The van der Waals surface area contributed by atoms with E-state index in [0.717, 1.165) is 25.1 Å². The van der Waals surface area contributed by atoms with Crippen molar-refractivity contribution in [2.75, 3.05) is 18.4 Å². The third kappa shape index (κ3) is 3.62. The average Bonchev–Trinajstić information content (AvgIpc) is 2.99. The van der Waals surface area contributed by atoms with Gasteiger partial charge in [-0.1, -0.05) is 6.07 Å². The molecule has 1 aliphatic rings. The lowest BCUT2D eigenvalue weighted by atomic mass is 10.0. The second-order valence-electron chi connectivity index (χ2n) is 5.82.